The molecule has 2 amide bonds. The molecule has 1 aliphatic heterocycles. The fourth-order valence-electron chi connectivity index (χ4n) is 3.26. The quantitative estimate of drug-likeness (QED) is 0.863. The van der Waals surface area contributed by atoms with Crippen LogP contribution in [-0.4, -0.2) is 55.3 Å². The summed E-state index contributed by atoms with van der Waals surface area (Å²) in [4.78, 5) is 25.4. The molecule has 26 heavy (non-hydrogen) atoms. The molecule has 2 unspecified atom stereocenters. The van der Waals surface area contributed by atoms with E-state index in [9.17, 15) is 14.7 Å². The minimum absolute atomic E-state index is 0.149. The number of rotatable bonds is 4. The highest BCUT2D eigenvalue weighted by Gasteiger charge is 2.31. The number of carbonyl (C=O) groups excluding carboxylic acids is 1. The molecule has 0 saturated carbocycles. The summed E-state index contributed by atoms with van der Waals surface area (Å²) in [6.07, 6.45) is 0.592. The van der Waals surface area contributed by atoms with E-state index in [0.29, 0.717) is 31.0 Å². The SMILES string of the molecule is CCn1nnnc1-c1cccc(NC(=O)N2CC(C)CC(C(=O)O)C2)c1. The molecule has 138 valence electrons. The molecule has 0 aliphatic carbocycles. The van der Waals surface area contributed by atoms with E-state index < -0.39 is 11.9 Å². The molecule has 0 radical (unpaired) electrons. The van der Waals surface area contributed by atoms with Crippen molar-refractivity contribution < 1.29 is 14.7 Å². The number of anilines is 1. The number of carboxylic acid groups (broad SMARTS) is 1. The Morgan fingerprint density at radius 1 is 1.35 bits per heavy atom. The Morgan fingerprint density at radius 2 is 2.15 bits per heavy atom. The smallest absolute Gasteiger partial charge is 0.321 e. The monoisotopic (exact) mass is 358 g/mol. The van der Waals surface area contributed by atoms with E-state index in [1.807, 2.05) is 26.0 Å². The van der Waals surface area contributed by atoms with Crippen molar-refractivity contribution in [2.45, 2.75) is 26.8 Å². The van der Waals surface area contributed by atoms with Crippen molar-refractivity contribution in [1.29, 1.82) is 0 Å². The Bertz CT molecular complexity index is 805. The Morgan fingerprint density at radius 3 is 2.88 bits per heavy atom. The molecule has 0 spiro atoms. The zero-order valence-electron chi connectivity index (χ0n) is 14.8. The Balaban J connectivity index is 1.73. The molecule has 1 aromatic carbocycles. The molecule has 1 fully saturated rings. The van der Waals surface area contributed by atoms with Crippen molar-refractivity contribution in [3.63, 3.8) is 0 Å². The average Bonchev–Trinajstić information content (AvgIpc) is 3.10. The number of nitrogens with one attached hydrogen (secondary N) is 1. The van der Waals surface area contributed by atoms with Crippen molar-refractivity contribution in [2.75, 3.05) is 18.4 Å². The van der Waals surface area contributed by atoms with Gasteiger partial charge in [-0.15, -0.1) is 5.10 Å². The number of aliphatic carboxylic acids is 1. The summed E-state index contributed by atoms with van der Waals surface area (Å²) in [5, 5.41) is 23.7. The third-order valence-corrected chi connectivity index (χ3v) is 4.50. The molecule has 2 N–H and O–H groups in total. The molecule has 3 rings (SSSR count). The van der Waals surface area contributed by atoms with Crippen LogP contribution in [-0.2, 0) is 11.3 Å². The van der Waals surface area contributed by atoms with E-state index in [4.69, 9.17) is 0 Å². The van der Waals surface area contributed by atoms with Gasteiger partial charge in [0.15, 0.2) is 5.82 Å². The number of likely N-dealkylation sites (tertiary alicyclic amines) is 1. The number of amides is 2. The number of benzene rings is 1. The van der Waals surface area contributed by atoms with Crippen molar-refractivity contribution in [1.82, 2.24) is 25.1 Å². The number of tetrazole rings is 1. The third-order valence-electron chi connectivity index (χ3n) is 4.50. The summed E-state index contributed by atoms with van der Waals surface area (Å²) in [6, 6.07) is 6.98. The standard InChI is InChI=1S/C17H22N6O3/c1-3-23-15(19-20-21-23)12-5-4-6-14(8-12)18-17(26)22-9-11(2)7-13(10-22)16(24)25/h4-6,8,11,13H,3,7,9-10H2,1-2H3,(H,18,26)(H,24,25). The van der Waals surface area contributed by atoms with Crippen molar-refractivity contribution >= 4 is 17.7 Å². The van der Waals surface area contributed by atoms with Crippen molar-refractivity contribution in [2.24, 2.45) is 11.8 Å². The Hall–Kier alpha value is -2.97. The van der Waals surface area contributed by atoms with Gasteiger partial charge in [-0.25, -0.2) is 9.48 Å². The highest BCUT2D eigenvalue weighted by Crippen LogP contribution is 2.24. The fourth-order valence-corrected chi connectivity index (χ4v) is 3.26. The van der Waals surface area contributed by atoms with Gasteiger partial charge < -0.3 is 15.3 Å². The van der Waals surface area contributed by atoms with Crippen LogP contribution in [0.15, 0.2) is 24.3 Å². The molecule has 2 heterocycles. The number of hydrogen-bond acceptors (Lipinski definition) is 5. The molecule has 1 aliphatic rings. The summed E-state index contributed by atoms with van der Waals surface area (Å²) in [6.45, 7) is 5.31. The normalized spacial score (nSPS) is 20.0. The highest BCUT2D eigenvalue weighted by molar-refractivity contribution is 5.90. The molecule has 0 bridgehead atoms. The largest absolute Gasteiger partial charge is 0.481 e. The zero-order chi connectivity index (χ0) is 18.7. The minimum Gasteiger partial charge on any atom is -0.481 e. The van der Waals surface area contributed by atoms with E-state index in [2.05, 4.69) is 20.8 Å². The van der Waals surface area contributed by atoms with Crippen LogP contribution in [0.5, 0.6) is 0 Å². The summed E-state index contributed by atoms with van der Waals surface area (Å²) in [7, 11) is 0. The fraction of sp³-hybridized carbons (Fsp3) is 0.471. The molecule has 9 heteroatoms. The van der Waals surface area contributed by atoms with E-state index in [1.54, 1.807) is 21.7 Å². The van der Waals surface area contributed by atoms with Crippen molar-refractivity contribution in [3.05, 3.63) is 24.3 Å². The van der Waals surface area contributed by atoms with Gasteiger partial charge in [-0.3, -0.25) is 4.79 Å². The van der Waals surface area contributed by atoms with E-state index >= 15 is 0 Å². The second-order valence-electron chi connectivity index (χ2n) is 6.61. The van der Waals surface area contributed by atoms with E-state index in [0.717, 1.165) is 5.56 Å². The summed E-state index contributed by atoms with van der Waals surface area (Å²) < 4.78 is 1.67. The van der Waals surface area contributed by atoms with Gasteiger partial charge in [0.1, 0.15) is 0 Å². The van der Waals surface area contributed by atoms with Crippen LogP contribution < -0.4 is 5.32 Å². The third kappa shape index (κ3) is 3.81. The lowest BCUT2D eigenvalue weighted by Gasteiger charge is -2.34. The Labute approximate surface area is 151 Å². The maximum atomic E-state index is 12.6. The van der Waals surface area contributed by atoms with E-state index in [-0.39, 0.29) is 18.5 Å². The van der Waals surface area contributed by atoms with E-state index in [1.165, 1.54) is 0 Å². The lowest BCUT2D eigenvalue weighted by molar-refractivity contribution is -0.143. The van der Waals surface area contributed by atoms with Crippen LogP contribution in [0, 0.1) is 11.8 Å². The number of aromatic nitrogens is 4. The lowest BCUT2D eigenvalue weighted by atomic mass is 9.91. The minimum atomic E-state index is -0.859. The second kappa shape index (κ2) is 7.51. The number of hydrogen-bond donors (Lipinski definition) is 2. The number of urea groups is 1. The van der Waals surface area contributed by atoms with Crippen LogP contribution in [0.1, 0.15) is 20.3 Å². The highest BCUT2D eigenvalue weighted by atomic mass is 16.4. The summed E-state index contributed by atoms with van der Waals surface area (Å²) >= 11 is 0. The topological polar surface area (TPSA) is 113 Å². The van der Waals surface area contributed by atoms with Crippen molar-refractivity contribution in [3.8, 4) is 11.4 Å². The molecule has 2 aromatic rings. The first kappa shape index (κ1) is 17.8. The Kier molecular flexibility index (Phi) is 5.15. The van der Waals surface area contributed by atoms with Crippen LogP contribution >= 0.6 is 0 Å². The summed E-state index contributed by atoms with van der Waals surface area (Å²) in [5.74, 6) is -0.606. The number of carboxylic acids is 1. The number of nitrogens with zero attached hydrogens (tertiary/aromatic N) is 5. The van der Waals surface area contributed by atoms with Gasteiger partial charge in [0.2, 0.25) is 0 Å². The van der Waals surface area contributed by atoms with Crippen LogP contribution in [0.25, 0.3) is 11.4 Å². The van der Waals surface area contributed by atoms with Gasteiger partial charge >= 0.3 is 12.0 Å². The molecule has 1 saturated heterocycles. The number of piperidine rings is 1. The van der Waals surface area contributed by atoms with Gasteiger partial charge in [-0.2, -0.15) is 0 Å². The van der Waals surface area contributed by atoms with Gasteiger partial charge in [-0.05, 0) is 41.8 Å². The van der Waals surface area contributed by atoms with Gasteiger partial charge in [0.05, 0.1) is 5.92 Å². The first-order valence-electron chi connectivity index (χ1n) is 8.63. The maximum absolute atomic E-state index is 12.6. The average molecular weight is 358 g/mol. The maximum Gasteiger partial charge on any atom is 0.321 e. The molecule has 2 atom stereocenters. The molecular weight excluding hydrogens is 336 g/mol. The number of aryl methyl sites for hydroxylation is 1. The molecular formula is C17H22N6O3. The van der Waals surface area contributed by atoms with Gasteiger partial charge in [0.25, 0.3) is 0 Å². The zero-order valence-corrected chi connectivity index (χ0v) is 14.8. The van der Waals surface area contributed by atoms with Crippen LogP contribution in [0.2, 0.25) is 0 Å². The first-order valence-corrected chi connectivity index (χ1v) is 8.63. The first-order chi connectivity index (χ1) is 12.5. The molecule has 1 aromatic heterocycles. The van der Waals surface area contributed by atoms with Gasteiger partial charge in [-0.1, -0.05) is 19.1 Å². The lowest BCUT2D eigenvalue weighted by Crippen LogP contribution is -2.47. The second-order valence-corrected chi connectivity index (χ2v) is 6.61. The van der Waals surface area contributed by atoms with Crippen LogP contribution in [0.3, 0.4) is 0 Å². The predicted octanol–water partition coefficient (Wildman–Crippen LogP) is 1.93. The van der Waals surface area contributed by atoms with Gasteiger partial charge in [0, 0.05) is 30.9 Å². The number of carbonyl (C=O) groups is 2. The van der Waals surface area contributed by atoms with Crippen LogP contribution in [0.4, 0.5) is 10.5 Å². The predicted molar refractivity (Wildman–Crippen MR) is 94.4 cm³/mol. The molecule has 9 nitrogen and oxygen atoms in total. The summed E-state index contributed by atoms with van der Waals surface area (Å²) in [5.41, 5.74) is 1.41.